The number of morpholine rings is 1. The fraction of sp³-hybridized carbons (Fsp3) is 0.529. The van der Waals surface area contributed by atoms with Gasteiger partial charge in [0.05, 0.1) is 13.2 Å². The van der Waals surface area contributed by atoms with Crippen LogP contribution in [-0.2, 0) is 4.74 Å². The van der Waals surface area contributed by atoms with Crippen molar-refractivity contribution in [1.82, 2.24) is 25.3 Å². The molecule has 2 fully saturated rings. The number of hydrogen-bond acceptors (Lipinski definition) is 10. The summed E-state index contributed by atoms with van der Waals surface area (Å²) in [7, 11) is 0. The van der Waals surface area contributed by atoms with E-state index in [9.17, 15) is 4.39 Å². The Morgan fingerprint density at radius 1 is 1.21 bits per heavy atom. The number of ether oxygens (including phenoxy) is 1. The van der Waals surface area contributed by atoms with Crippen molar-refractivity contribution in [2.24, 2.45) is 5.92 Å². The van der Waals surface area contributed by atoms with E-state index in [0.29, 0.717) is 50.3 Å². The van der Waals surface area contributed by atoms with Gasteiger partial charge in [-0.05, 0) is 18.9 Å². The molecule has 0 saturated carbocycles. The lowest BCUT2D eigenvalue weighted by Gasteiger charge is -2.27. The van der Waals surface area contributed by atoms with Crippen LogP contribution in [0.2, 0.25) is 0 Å². The fourth-order valence-electron chi connectivity index (χ4n) is 2.88. The summed E-state index contributed by atoms with van der Waals surface area (Å²) in [5, 5.41) is 11.7. The highest BCUT2D eigenvalue weighted by Gasteiger charge is 2.20. The first-order valence-corrected chi connectivity index (χ1v) is 9.13. The number of aromatic nitrogens is 4. The number of rotatable bonds is 3. The van der Waals surface area contributed by atoms with E-state index < -0.39 is 5.82 Å². The zero-order valence-electron chi connectivity index (χ0n) is 15.5. The molecule has 1 unspecified atom stereocenters. The molecule has 1 atom stereocenters. The van der Waals surface area contributed by atoms with Gasteiger partial charge in [0.2, 0.25) is 11.9 Å². The Morgan fingerprint density at radius 3 is 2.50 bits per heavy atom. The summed E-state index contributed by atoms with van der Waals surface area (Å²) >= 11 is 0. The first kappa shape index (κ1) is 20.1. The third-order valence-corrected chi connectivity index (χ3v) is 4.52. The molecule has 2 aromatic rings. The largest absolute Gasteiger partial charge is 0.396 e. The van der Waals surface area contributed by atoms with Crippen LogP contribution in [0.25, 0.3) is 11.3 Å². The van der Waals surface area contributed by atoms with Gasteiger partial charge in [-0.1, -0.05) is 0 Å². The number of nitrogens with two attached hydrogens (primary N) is 2. The summed E-state index contributed by atoms with van der Waals surface area (Å²) in [4.78, 5) is 17.8. The fourth-order valence-corrected chi connectivity index (χ4v) is 2.88. The molecule has 11 heteroatoms. The van der Waals surface area contributed by atoms with E-state index in [1.165, 1.54) is 12.4 Å². The molecule has 10 nitrogen and oxygen atoms in total. The number of nitrogens with zero attached hydrogens (tertiary/aromatic N) is 5. The minimum atomic E-state index is -0.694. The van der Waals surface area contributed by atoms with Crippen LogP contribution in [0.15, 0.2) is 12.4 Å². The number of aliphatic hydroxyl groups is 1. The van der Waals surface area contributed by atoms with Crippen molar-refractivity contribution in [1.29, 1.82) is 0 Å². The van der Waals surface area contributed by atoms with Gasteiger partial charge in [0.1, 0.15) is 5.69 Å². The predicted octanol–water partition coefficient (Wildman–Crippen LogP) is -0.338. The topological polar surface area (TPSA) is 148 Å². The van der Waals surface area contributed by atoms with Gasteiger partial charge >= 0.3 is 0 Å². The van der Waals surface area contributed by atoms with Gasteiger partial charge in [0, 0.05) is 44.2 Å². The second-order valence-electron chi connectivity index (χ2n) is 6.54. The van der Waals surface area contributed by atoms with Crippen LogP contribution in [-0.4, -0.2) is 71.0 Å². The Morgan fingerprint density at radius 2 is 1.93 bits per heavy atom. The number of nitrogen functional groups attached to an aromatic ring is 2. The maximum absolute atomic E-state index is 14.2. The quantitative estimate of drug-likeness (QED) is 0.547. The normalized spacial score (nSPS) is 19.2. The minimum Gasteiger partial charge on any atom is -0.396 e. The van der Waals surface area contributed by atoms with E-state index in [0.717, 1.165) is 19.5 Å². The zero-order valence-corrected chi connectivity index (χ0v) is 15.5. The average molecular weight is 392 g/mol. The zero-order chi connectivity index (χ0) is 19.9. The van der Waals surface area contributed by atoms with E-state index in [2.05, 4.69) is 25.3 Å². The van der Waals surface area contributed by atoms with Crippen LogP contribution < -0.4 is 21.7 Å². The lowest BCUT2D eigenvalue weighted by atomic mass is 10.1. The summed E-state index contributed by atoms with van der Waals surface area (Å²) in [6.07, 6.45) is 3.95. The third kappa shape index (κ3) is 5.00. The van der Waals surface area contributed by atoms with Crippen molar-refractivity contribution >= 4 is 17.7 Å². The molecule has 28 heavy (non-hydrogen) atoms. The van der Waals surface area contributed by atoms with Crippen molar-refractivity contribution in [3.63, 3.8) is 0 Å². The van der Waals surface area contributed by atoms with Gasteiger partial charge in [0.15, 0.2) is 11.6 Å². The minimum absolute atomic E-state index is 0.0593. The van der Waals surface area contributed by atoms with Crippen LogP contribution in [0.4, 0.5) is 22.1 Å². The molecule has 2 aliphatic rings. The molecule has 4 rings (SSSR count). The highest BCUT2D eigenvalue weighted by atomic mass is 19.1. The van der Waals surface area contributed by atoms with E-state index in [-0.39, 0.29) is 17.5 Å². The SMILES string of the molecule is Nc1ncc(-c2nc(N3CCOCC3)nc(N)c2F)cn1.OCC1CCNC1. The van der Waals surface area contributed by atoms with E-state index in [1.54, 1.807) is 0 Å². The molecule has 2 aliphatic heterocycles. The van der Waals surface area contributed by atoms with Crippen molar-refractivity contribution in [2.75, 3.05) is 62.4 Å². The Hall–Kier alpha value is -2.63. The van der Waals surface area contributed by atoms with Crippen LogP contribution in [0.3, 0.4) is 0 Å². The molecule has 0 aromatic carbocycles. The molecule has 2 aromatic heterocycles. The first-order chi connectivity index (χ1) is 13.6. The number of aliphatic hydroxyl groups excluding tert-OH is 1. The molecule has 0 amide bonds. The molecule has 6 N–H and O–H groups in total. The van der Waals surface area contributed by atoms with Gasteiger partial charge in [-0.2, -0.15) is 4.98 Å². The number of hydrogen-bond donors (Lipinski definition) is 4. The predicted molar refractivity (Wildman–Crippen MR) is 103 cm³/mol. The van der Waals surface area contributed by atoms with Crippen molar-refractivity contribution in [3.8, 4) is 11.3 Å². The Balaban J connectivity index is 0.000000271. The molecular weight excluding hydrogens is 367 g/mol. The van der Waals surface area contributed by atoms with E-state index in [1.807, 2.05) is 4.90 Å². The maximum Gasteiger partial charge on any atom is 0.228 e. The van der Waals surface area contributed by atoms with Crippen LogP contribution >= 0.6 is 0 Å². The van der Waals surface area contributed by atoms with Crippen molar-refractivity contribution < 1.29 is 14.2 Å². The van der Waals surface area contributed by atoms with Gasteiger partial charge in [-0.25, -0.2) is 19.3 Å². The second kappa shape index (κ2) is 9.53. The third-order valence-electron chi connectivity index (χ3n) is 4.52. The average Bonchev–Trinajstić information content (AvgIpc) is 3.26. The van der Waals surface area contributed by atoms with Gasteiger partial charge in [-0.15, -0.1) is 0 Å². The Labute approximate surface area is 162 Å². The highest BCUT2D eigenvalue weighted by molar-refractivity contribution is 5.63. The van der Waals surface area contributed by atoms with Crippen molar-refractivity contribution in [2.45, 2.75) is 6.42 Å². The monoisotopic (exact) mass is 392 g/mol. The molecule has 0 aliphatic carbocycles. The molecule has 0 bridgehead atoms. The molecule has 2 saturated heterocycles. The molecular formula is C17H25FN8O2. The van der Waals surface area contributed by atoms with E-state index >= 15 is 0 Å². The Bertz CT molecular complexity index is 764. The number of nitrogens with one attached hydrogen (secondary N) is 1. The lowest BCUT2D eigenvalue weighted by molar-refractivity contribution is 0.122. The van der Waals surface area contributed by atoms with Crippen molar-refractivity contribution in [3.05, 3.63) is 18.2 Å². The molecule has 0 radical (unpaired) electrons. The summed E-state index contributed by atoms with van der Waals surface area (Å²) in [5.74, 6) is 0.109. The van der Waals surface area contributed by atoms with Gasteiger partial charge in [0.25, 0.3) is 0 Å². The number of anilines is 3. The lowest BCUT2D eigenvalue weighted by Crippen LogP contribution is -2.37. The summed E-state index contributed by atoms with van der Waals surface area (Å²) in [6, 6.07) is 0. The first-order valence-electron chi connectivity index (χ1n) is 9.13. The summed E-state index contributed by atoms with van der Waals surface area (Å²) in [6.45, 7) is 4.85. The van der Waals surface area contributed by atoms with Gasteiger partial charge < -0.3 is 31.5 Å². The van der Waals surface area contributed by atoms with Gasteiger partial charge in [-0.3, -0.25) is 0 Å². The van der Waals surface area contributed by atoms with Crippen LogP contribution in [0.5, 0.6) is 0 Å². The summed E-state index contributed by atoms with van der Waals surface area (Å²) < 4.78 is 19.4. The van der Waals surface area contributed by atoms with E-state index in [4.69, 9.17) is 21.3 Å². The van der Waals surface area contributed by atoms with Crippen LogP contribution in [0.1, 0.15) is 6.42 Å². The summed E-state index contributed by atoms with van der Waals surface area (Å²) in [5.41, 5.74) is 11.5. The maximum atomic E-state index is 14.2. The molecule has 0 spiro atoms. The molecule has 4 heterocycles. The smallest absolute Gasteiger partial charge is 0.228 e. The number of halogens is 1. The van der Waals surface area contributed by atoms with Crippen LogP contribution in [0, 0.1) is 11.7 Å². The Kier molecular flexibility index (Phi) is 6.85. The second-order valence-corrected chi connectivity index (χ2v) is 6.54. The standard InChI is InChI=1S/C12H14FN7O.C5H11NO/c13-8-9(7-5-16-11(15)17-6-7)18-12(19-10(8)14)20-1-3-21-4-2-20;7-4-5-1-2-6-3-5/h5-6H,1-4H2,(H2,14,18,19)(H2,15,16,17);5-7H,1-4H2. The highest BCUT2D eigenvalue weighted by Crippen LogP contribution is 2.25. The molecule has 152 valence electrons.